The predicted molar refractivity (Wildman–Crippen MR) is 154 cm³/mol. The lowest BCUT2D eigenvalue weighted by molar-refractivity contribution is -0.211. The molecule has 0 unspecified atom stereocenters. The Hall–Kier alpha value is -3.36. The van der Waals surface area contributed by atoms with Crippen LogP contribution in [0.15, 0.2) is 53.1 Å². The summed E-state index contributed by atoms with van der Waals surface area (Å²) in [5, 5.41) is 4.46. The van der Waals surface area contributed by atoms with Crippen LogP contribution in [-0.2, 0) is 15.6 Å². The van der Waals surface area contributed by atoms with E-state index in [1.165, 1.54) is 12.1 Å². The van der Waals surface area contributed by atoms with Crippen molar-refractivity contribution in [1.82, 2.24) is 10.1 Å². The van der Waals surface area contributed by atoms with Gasteiger partial charge < -0.3 is 14.2 Å². The largest absolute Gasteiger partial charge is 0.435 e. The molecule has 6 nitrogen and oxygen atoms in total. The molecule has 4 bridgehead atoms. The van der Waals surface area contributed by atoms with Crippen molar-refractivity contribution < 1.29 is 27.2 Å². The van der Waals surface area contributed by atoms with Gasteiger partial charge in [0.05, 0.1) is 5.41 Å². The Balaban J connectivity index is 1.05. The number of rotatable bonds is 9. The molecule has 43 heavy (non-hydrogen) atoms. The van der Waals surface area contributed by atoms with Crippen molar-refractivity contribution >= 4 is 11.6 Å². The van der Waals surface area contributed by atoms with Crippen LogP contribution in [0.5, 0.6) is 5.75 Å². The van der Waals surface area contributed by atoms with Crippen LogP contribution in [0.1, 0.15) is 89.3 Å². The van der Waals surface area contributed by atoms with Gasteiger partial charge in [0.15, 0.2) is 5.82 Å². The van der Waals surface area contributed by atoms with Crippen molar-refractivity contribution in [3.8, 4) is 16.9 Å². The summed E-state index contributed by atoms with van der Waals surface area (Å²) in [4.78, 5) is 21.0. The average molecular weight is 592 g/mol. The maximum Gasteiger partial charge on any atom is 0.387 e. The maximum absolute atomic E-state index is 14.6. The molecule has 0 aliphatic heterocycles. The Labute approximate surface area is 249 Å². The van der Waals surface area contributed by atoms with Crippen LogP contribution in [0.4, 0.5) is 18.9 Å². The summed E-state index contributed by atoms with van der Waals surface area (Å²) in [7, 11) is 0. The molecule has 7 fully saturated rings. The summed E-state index contributed by atoms with van der Waals surface area (Å²) in [6, 6.07) is 14.3. The smallest absolute Gasteiger partial charge is 0.387 e. The molecule has 7 aliphatic carbocycles. The summed E-state index contributed by atoms with van der Waals surface area (Å²) in [5.74, 6) is 1.76. The van der Waals surface area contributed by atoms with Crippen molar-refractivity contribution in [2.45, 2.75) is 101 Å². The predicted octanol–water partition coefficient (Wildman–Crippen LogP) is 7.91. The number of nitrogens with zero attached hydrogens (tertiary/aromatic N) is 3. The van der Waals surface area contributed by atoms with Gasteiger partial charge in [0, 0.05) is 23.1 Å². The van der Waals surface area contributed by atoms with Crippen LogP contribution in [-0.4, -0.2) is 34.9 Å². The Morgan fingerprint density at radius 1 is 0.953 bits per heavy atom. The molecule has 3 aromatic rings. The monoisotopic (exact) mass is 591 g/mol. The number of carbonyl (C=O) groups is 1. The number of hydrogen-bond acceptors (Lipinski definition) is 5. The second kappa shape index (κ2) is 9.08. The zero-order valence-corrected chi connectivity index (χ0v) is 24.4. The molecular formula is C34H36F3N3O3. The molecule has 9 heteroatoms. The zero-order chi connectivity index (χ0) is 29.7. The Kier molecular flexibility index (Phi) is 5.75. The maximum atomic E-state index is 14.6. The highest BCUT2D eigenvalue weighted by atomic mass is 19.3. The molecular weight excluding hydrogens is 555 g/mol. The number of benzene rings is 2. The van der Waals surface area contributed by atoms with Crippen LogP contribution in [0.25, 0.3) is 11.1 Å². The number of hydrogen-bond donors (Lipinski definition) is 0. The number of carbonyl (C=O) groups excluding carboxylic acids is 1. The molecule has 7 aliphatic rings. The highest BCUT2D eigenvalue weighted by Gasteiger charge is 2.73. The zero-order valence-electron chi connectivity index (χ0n) is 24.4. The average Bonchev–Trinajstić information content (AvgIpc) is 3.51. The second-order valence-electron chi connectivity index (χ2n) is 14.6. The van der Waals surface area contributed by atoms with Gasteiger partial charge in [-0.2, -0.15) is 13.8 Å². The van der Waals surface area contributed by atoms with Crippen LogP contribution >= 0.6 is 0 Å². The van der Waals surface area contributed by atoms with E-state index in [1.54, 1.807) is 12.1 Å². The topological polar surface area (TPSA) is 68.5 Å². The third-order valence-electron chi connectivity index (χ3n) is 11.5. The second-order valence-corrected chi connectivity index (χ2v) is 14.6. The minimum Gasteiger partial charge on any atom is -0.435 e. The quantitative estimate of drug-likeness (QED) is 0.253. The number of halogens is 3. The molecule has 0 N–H and O–H groups in total. The lowest BCUT2D eigenvalue weighted by Crippen LogP contribution is -2.71. The first kappa shape index (κ1) is 27.2. The highest BCUT2D eigenvalue weighted by molar-refractivity contribution is 6.00. The highest BCUT2D eigenvalue weighted by Crippen LogP contribution is 2.70. The van der Waals surface area contributed by atoms with Gasteiger partial charge >= 0.3 is 6.61 Å². The summed E-state index contributed by atoms with van der Waals surface area (Å²) < 4.78 is 50.1. The van der Waals surface area contributed by atoms with Gasteiger partial charge in [-0.15, -0.1) is 0 Å². The molecule has 0 saturated heterocycles. The Morgan fingerprint density at radius 2 is 1.63 bits per heavy atom. The number of amides is 1. The fourth-order valence-corrected chi connectivity index (χ4v) is 8.40. The minimum atomic E-state index is -2.88. The first-order valence-corrected chi connectivity index (χ1v) is 15.5. The summed E-state index contributed by atoms with van der Waals surface area (Å²) in [5.41, 5.74) is 0.715. The van der Waals surface area contributed by atoms with Crippen LogP contribution in [0, 0.1) is 10.8 Å². The van der Waals surface area contributed by atoms with Crippen LogP contribution in [0.2, 0.25) is 0 Å². The SMILES string of the molecule is CC1(c2nc(C34CCC(CN(C(=O)C56CC(F)(C5)C6)c5cccc(-c6ccc(OC(F)F)cc6)c5)(CC3)CC4)no2)CC1. The van der Waals surface area contributed by atoms with Crippen molar-refractivity contribution in [1.29, 1.82) is 0 Å². The molecule has 1 aromatic heterocycles. The van der Waals surface area contributed by atoms with E-state index >= 15 is 0 Å². The normalized spacial score (nSPS) is 33.0. The third-order valence-corrected chi connectivity index (χ3v) is 11.5. The molecule has 226 valence electrons. The lowest BCUT2D eigenvalue weighted by atomic mass is 9.41. The summed E-state index contributed by atoms with van der Waals surface area (Å²) >= 11 is 0. The van der Waals surface area contributed by atoms with E-state index in [0.29, 0.717) is 25.8 Å². The van der Waals surface area contributed by atoms with Crippen LogP contribution in [0.3, 0.4) is 0 Å². The molecule has 10 rings (SSSR count). The Bertz CT molecular complexity index is 1540. The van der Waals surface area contributed by atoms with Gasteiger partial charge in [0.25, 0.3) is 0 Å². The van der Waals surface area contributed by atoms with Gasteiger partial charge in [-0.1, -0.05) is 36.3 Å². The lowest BCUT2D eigenvalue weighted by Gasteiger charge is -2.65. The molecule has 1 amide bonds. The molecule has 0 spiro atoms. The van der Waals surface area contributed by atoms with Crippen molar-refractivity contribution in [2.24, 2.45) is 10.8 Å². The van der Waals surface area contributed by atoms with E-state index in [0.717, 1.165) is 79.9 Å². The van der Waals surface area contributed by atoms with E-state index in [4.69, 9.17) is 9.51 Å². The first-order chi connectivity index (χ1) is 20.5. The van der Waals surface area contributed by atoms with Crippen LogP contribution < -0.4 is 9.64 Å². The fourth-order valence-electron chi connectivity index (χ4n) is 8.40. The molecule has 7 saturated carbocycles. The van der Waals surface area contributed by atoms with Gasteiger partial charge in [-0.05, 0) is 111 Å². The van der Waals surface area contributed by atoms with Crippen molar-refractivity contribution in [3.05, 3.63) is 60.2 Å². The fraction of sp³-hybridized carbons (Fsp3) is 0.559. The summed E-state index contributed by atoms with van der Waals surface area (Å²) in [6.45, 7) is -0.0966. The van der Waals surface area contributed by atoms with E-state index in [2.05, 4.69) is 16.8 Å². The van der Waals surface area contributed by atoms with Gasteiger partial charge in [0.1, 0.15) is 11.4 Å². The molecule has 2 aromatic carbocycles. The Morgan fingerprint density at radius 3 is 2.23 bits per heavy atom. The van der Waals surface area contributed by atoms with Crippen molar-refractivity contribution in [3.63, 3.8) is 0 Å². The van der Waals surface area contributed by atoms with Crippen molar-refractivity contribution in [2.75, 3.05) is 11.4 Å². The molecule has 0 atom stereocenters. The van der Waals surface area contributed by atoms with E-state index in [-0.39, 0.29) is 27.9 Å². The van der Waals surface area contributed by atoms with E-state index < -0.39 is 17.7 Å². The standard InChI is InChI=1S/C34H36F3N3O3/c1-30(9-10-30)27-38-26(39-43-27)32-14-11-31(12-15-32,13-16-32)21-40(28(41)33-18-34(37,19-33)20-33)24-4-2-3-23(17-24)22-5-7-25(8-6-22)42-29(35)36/h2-8,17,29H,9-16,18-21H2,1H3. The number of aromatic nitrogens is 2. The number of alkyl halides is 3. The van der Waals surface area contributed by atoms with E-state index in [9.17, 15) is 18.0 Å². The molecule has 0 radical (unpaired) electrons. The third kappa shape index (κ3) is 4.40. The molecule has 1 heterocycles. The van der Waals surface area contributed by atoms with E-state index in [1.807, 2.05) is 29.2 Å². The number of anilines is 1. The van der Waals surface area contributed by atoms with Gasteiger partial charge in [0.2, 0.25) is 11.8 Å². The minimum absolute atomic E-state index is 0.0202. The van der Waals surface area contributed by atoms with Gasteiger partial charge in [-0.3, -0.25) is 4.79 Å². The first-order valence-electron chi connectivity index (χ1n) is 15.5. The summed E-state index contributed by atoms with van der Waals surface area (Å²) in [6.07, 6.45) is 8.97. The number of fused-ring (bicyclic) bond motifs is 3. The van der Waals surface area contributed by atoms with Gasteiger partial charge in [-0.25, -0.2) is 4.39 Å². The number of ether oxygens (including phenoxy) is 1.